The van der Waals surface area contributed by atoms with Gasteiger partial charge in [-0.25, -0.2) is 4.79 Å². The number of benzene rings is 4. The minimum absolute atomic E-state index is 0.0231. The number of aliphatic hydroxyl groups excluding tert-OH is 1. The molecule has 726 valence electrons. The Labute approximate surface area is 770 Å². The van der Waals surface area contributed by atoms with Crippen LogP contribution in [-0.4, -0.2) is 279 Å². The van der Waals surface area contributed by atoms with Crippen LogP contribution in [0, 0.1) is 5.92 Å². The Bertz CT molecular complexity index is 5010. The lowest BCUT2D eigenvalue weighted by Gasteiger charge is -2.37. The number of aromatic nitrogens is 1. The fourth-order valence-corrected chi connectivity index (χ4v) is 14.8. The molecule has 2 fully saturated rings. The zero-order valence-electron chi connectivity index (χ0n) is 74.6. The molecule has 45 nitrogen and oxygen atoms in total. The number of hydrogen-bond donors (Lipinski definition) is 22. The summed E-state index contributed by atoms with van der Waals surface area (Å²) in [5, 5.41) is 83.7. The highest BCUT2D eigenvalue weighted by Crippen LogP contribution is 2.28. The number of aromatic amines is 1. The van der Waals surface area contributed by atoms with Crippen LogP contribution in [0.5, 0.6) is 0 Å². The smallest absolute Gasteiger partial charge is 0.329 e. The molecule has 0 spiro atoms. The summed E-state index contributed by atoms with van der Waals surface area (Å²) in [4.78, 5) is 286. The van der Waals surface area contributed by atoms with Gasteiger partial charge in [0.1, 0.15) is 72.6 Å². The number of primary amides is 1. The third kappa shape index (κ3) is 34.9. The lowest BCUT2D eigenvalue weighted by molar-refractivity contribution is -0.156. The number of carbonyl (C=O) groups is 20. The molecule has 3 heterocycles. The van der Waals surface area contributed by atoms with Gasteiger partial charge in [0, 0.05) is 86.9 Å². The number of nitrogens with zero attached hydrogens (tertiary/aromatic N) is 2. The number of fused-ring (bicyclic) bond motifs is 1. The van der Waals surface area contributed by atoms with Gasteiger partial charge in [-0.05, 0) is 80.5 Å². The maximum absolute atomic E-state index is 15.2. The van der Waals surface area contributed by atoms with Crippen molar-refractivity contribution in [1.29, 1.82) is 0 Å². The summed E-state index contributed by atoms with van der Waals surface area (Å²) in [6, 6.07) is 6.51. The fourth-order valence-electron chi connectivity index (χ4n) is 14.8. The molecular weight excluding hydrogens is 1750 g/mol. The number of nitrogens with one attached hydrogen (secondary N) is 15. The van der Waals surface area contributed by atoms with Crippen LogP contribution >= 0.6 is 0 Å². The number of ether oxygens (including phenoxy) is 1. The average molecular weight is 1870 g/mol. The van der Waals surface area contributed by atoms with E-state index in [0.717, 1.165) is 70.7 Å². The molecule has 13 atom stereocenters. The Balaban J connectivity index is 1.27. The van der Waals surface area contributed by atoms with Gasteiger partial charge in [0.25, 0.3) is 0 Å². The molecule has 4 aromatic carbocycles. The maximum Gasteiger partial charge on any atom is 0.329 e. The molecule has 2 aliphatic rings. The lowest BCUT2D eigenvalue weighted by Crippen LogP contribution is -2.62. The lowest BCUT2D eigenvalue weighted by atomic mass is 9.96. The van der Waals surface area contributed by atoms with Crippen LogP contribution in [0.2, 0.25) is 0 Å². The zero-order chi connectivity index (χ0) is 98.3. The maximum atomic E-state index is 15.2. The minimum atomic E-state index is -2.47. The summed E-state index contributed by atoms with van der Waals surface area (Å²) in [5.41, 5.74) is 15.1. The van der Waals surface area contributed by atoms with Crippen molar-refractivity contribution in [2.24, 2.45) is 11.7 Å². The first-order chi connectivity index (χ1) is 63.8. The van der Waals surface area contributed by atoms with Crippen LogP contribution in [0.3, 0.4) is 0 Å². The number of ketones is 1. The number of piperazine rings is 1. The number of hydrogen-bond acceptors (Lipinski definition) is 26. The van der Waals surface area contributed by atoms with Gasteiger partial charge >= 0.3 is 29.8 Å². The number of esters is 1. The number of unbranched alkanes of at least 4 members (excludes halogenated alkanes) is 6. The Morgan fingerprint density at radius 2 is 1.09 bits per heavy atom. The number of carboxylic acid groups (broad SMARTS) is 4. The molecule has 3 unspecified atom stereocenters. The third-order valence-corrected chi connectivity index (χ3v) is 22.0. The number of carboxylic acids is 4. The molecule has 45 heteroatoms. The number of aliphatic carboxylic acids is 4. The summed E-state index contributed by atoms with van der Waals surface area (Å²) in [6.45, 7) is 4.74. The van der Waals surface area contributed by atoms with Gasteiger partial charge in [0.05, 0.1) is 63.2 Å². The zero-order valence-corrected chi connectivity index (χ0v) is 74.6. The molecule has 2 saturated heterocycles. The first-order valence-electron chi connectivity index (χ1n) is 43.9. The Morgan fingerprint density at radius 3 is 1.73 bits per heavy atom. The largest absolute Gasteiger partial charge is 0.481 e. The van der Waals surface area contributed by atoms with Crippen molar-refractivity contribution in [2.75, 3.05) is 68.4 Å². The van der Waals surface area contributed by atoms with E-state index in [1.165, 1.54) is 24.3 Å². The SMILES string of the molecule is CCCCCCCCCC(=O)N[C@@H](Cc1c[nH]c2ccccc12)C(=O)N[C@@H](CC(N)=O)C(=O)N[C@@H](CC(=O)O)C(=O)NC1C(=O)NCC(=O)N[C@@H](CCCNc2ccccc2N2CCN(Cc3ccccc3)CC2)C(=O)NC(CC(=O)O)C(=O)N[C@H](C)C(=O)N[C@@H](CC(=O)O)C(=O)NCC(=O)N[C@H](CO)C(=O)NC([C@H](C)CC(=O)O)C(=O)N[C@@H](CC(=O)c2ccccc2N)C(=O)O[C@@H]1C. The number of para-hydroxylation sites is 4. The predicted octanol–water partition coefficient (Wildman–Crippen LogP) is -2.15. The van der Waals surface area contributed by atoms with Crippen molar-refractivity contribution in [3.05, 3.63) is 126 Å². The van der Waals surface area contributed by atoms with Gasteiger partial charge in [-0.1, -0.05) is 125 Å². The molecule has 0 radical (unpaired) electrons. The van der Waals surface area contributed by atoms with E-state index < -0.39 is 255 Å². The molecule has 0 aliphatic carbocycles. The number of amides is 14. The number of carbonyl (C=O) groups excluding carboxylic acids is 16. The Kier molecular flexibility index (Phi) is 42.6. The van der Waals surface area contributed by atoms with Gasteiger partial charge in [0.15, 0.2) is 5.78 Å². The molecule has 0 saturated carbocycles. The van der Waals surface area contributed by atoms with E-state index in [2.05, 4.69) is 85.5 Å². The highest BCUT2D eigenvalue weighted by atomic mass is 16.5. The normalized spacial score (nSPS) is 20.6. The molecule has 0 bridgehead atoms. The number of nitrogen functional groups attached to an aromatic ring is 1. The standard InChI is InChI=1S/C89H119N19O26/c1-5-6-7-8-9-10-14-31-70(112)98-60(38-53-44-93-57-27-18-16-24-54(53)57)83(127)101-61(40-69(91)111)84(128)103-64(43-76(121)122)85(129)106-78-51(4)134-89(133)65(39-68(110)55-25-15-17-26-56(55)90)104-88(132)77(49(2)37-73(115)116)105-86(130)66(48-109)99-72(114)45-94-80(124)62(41-74(117)118)100-79(123)50(3)96-82(126)63(42-75(119)120)102-81(125)59(97-71(113)46-95-87(78)131)29-21-32-92-58-28-19-20-30-67(58)108-35-33-107(34-36-108)47-52-22-12-11-13-23-52/h11-13,15-20,22-28,30,44,49-51,59-66,77-78,92-93,109H,5-10,14,21,29,31-43,45-48,90H2,1-4H3,(H2,91,111)(H,94,124)(H,95,131)(H,96,126)(H,97,113)(H,98,112)(H,99,114)(H,100,123)(H,101,127)(H,102,125)(H,103,128)(H,104,132)(H,105,130)(H,106,129)(H,115,116)(H,117,118)(H,119,120)(H,121,122)/t49-,50-,51-,59+,60+,61+,62+,63?,64+,65+,66-,77?,78?/m1/s1. The van der Waals surface area contributed by atoms with E-state index in [0.29, 0.717) is 61.2 Å². The van der Waals surface area contributed by atoms with Crippen molar-refractivity contribution >= 4 is 146 Å². The second kappa shape index (κ2) is 53.6. The number of rotatable bonds is 40. The topological polar surface area (TPSA) is 695 Å². The summed E-state index contributed by atoms with van der Waals surface area (Å²) >= 11 is 0. The van der Waals surface area contributed by atoms with Crippen molar-refractivity contribution in [3.8, 4) is 0 Å². The number of anilines is 3. The van der Waals surface area contributed by atoms with Crippen LogP contribution in [0.15, 0.2) is 109 Å². The minimum Gasteiger partial charge on any atom is -0.481 e. The number of nitrogens with two attached hydrogens (primary N) is 2. The van der Waals surface area contributed by atoms with Crippen LogP contribution in [0.1, 0.15) is 152 Å². The van der Waals surface area contributed by atoms with E-state index >= 15 is 14.4 Å². The quantitative estimate of drug-likeness (QED) is 0.00861. The fraction of sp³-hybridized carbons (Fsp3) is 0.483. The van der Waals surface area contributed by atoms with Gasteiger partial charge in [-0.15, -0.1) is 0 Å². The summed E-state index contributed by atoms with van der Waals surface area (Å²) in [6.07, 6.45) is -2.36. The van der Waals surface area contributed by atoms with E-state index in [1.54, 1.807) is 42.6 Å². The molecule has 1 aromatic heterocycles. The molecule has 14 amide bonds. The summed E-state index contributed by atoms with van der Waals surface area (Å²) in [5.74, 6) is -29.7. The van der Waals surface area contributed by atoms with Gasteiger partial charge in [-0.2, -0.15) is 0 Å². The third-order valence-electron chi connectivity index (χ3n) is 22.0. The second-order valence-corrected chi connectivity index (χ2v) is 32.7. The van der Waals surface area contributed by atoms with Crippen LogP contribution in [-0.2, 0) is 109 Å². The molecule has 2 aliphatic heterocycles. The van der Waals surface area contributed by atoms with E-state index in [4.69, 9.17) is 16.2 Å². The number of aliphatic hydroxyl groups is 1. The van der Waals surface area contributed by atoms with Crippen LogP contribution in [0.4, 0.5) is 17.1 Å². The second-order valence-electron chi connectivity index (χ2n) is 32.7. The van der Waals surface area contributed by atoms with Gasteiger partial charge in [-0.3, -0.25) is 96.0 Å². The number of H-pyrrole nitrogens is 1. The van der Waals surface area contributed by atoms with Crippen LogP contribution in [0.25, 0.3) is 10.9 Å². The molecular formula is C89H119N19O26. The molecule has 24 N–H and O–H groups in total. The van der Waals surface area contributed by atoms with Crippen molar-refractivity contribution in [3.63, 3.8) is 0 Å². The van der Waals surface area contributed by atoms with E-state index in [9.17, 15) is 107 Å². The predicted molar refractivity (Wildman–Crippen MR) is 480 cm³/mol. The summed E-state index contributed by atoms with van der Waals surface area (Å²) in [7, 11) is 0. The van der Waals surface area contributed by atoms with Crippen molar-refractivity contribution in [2.45, 2.75) is 216 Å². The number of cyclic esters (lactones) is 1. The van der Waals surface area contributed by atoms with Crippen molar-refractivity contribution in [1.82, 2.24) is 79.0 Å². The highest BCUT2D eigenvalue weighted by Gasteiger charge is 2.42. The number of Topliss-reactive ketones (excluding diaryl/α,β-unsaturated/α-hetero) is 1. The highest BCUT2D eigenvalue weighted by molar-refractivity contribution is 6.05. The Morgan fingerprint density at radius 1 is 0.530 bits per heavy atom. The first-order valence-corrected chi connectivity index (χ1v) is 43.9. The van der Waals surface area contributed by atoms with Crippen LogP contribution < -0.4 is 90.8 Å². The molecule has 7 rings (SSSR count). The summed E-state index contributed by atoms with van der Waals surface area (Å²) < 4.78 is 5.79. The van der Waals surface area contributed by atoms with E-state index in [1.807, 2.05) is 53.1 Å². The molecule has 134 heavy (non-hydrogen) atoms. The van der Waals surface area contributed by atoms with E-state index in [-0.39, 0.29) is 43.5 Å². The van der Waals surface area contributed by atoms with Gasteiger partial charge < -0.3 is 126 Å². The Hall–Kier alpha value is -14.7. The average Bonchev–Trinajstić information content (AvgIpc) is 1.57. The monoisotopic (exact) mass is 1870 g/mol. The molecule has 5 aromatic rings. The van der Waals surface area contributed by atoms with Gasteiger partial charge in [0.2, 0.25) is 82.7 Å². The van der Waals surface area contributed by atoms with Crippen molar-refractivity contribution < 1.29 is 126 Å². The first kappa shape index (κ1) is 106.